The fourth-order valence-corrected chi connectivity index (χ4v) is 3.62. The number of likely N-dealkylation sites (tertiary alicyclic amines) is 1. The van der Waals surface area contributed by atoms with Crippen molar-refractivity contribution in [1.29, 1.82) is 0 Å². The molecule has 1 atom stereocenters. The molecule has 27 heavy (non-hydrogen) atoms. The molecule has 2 N–H and O–H groups in total. The van der Waals surface area contributed by atoms with E-state index in [4.69, 9.17) is 5.11 Å². The molecule has 2 saturated heterocycles. The summed E-state index contributed by atoms with van der Waals surface area (Å²) in [4.78, 5) is 30.4. The molecule has 2 aliphatic rings. The van der Waals surface area contributed by atoms with E-state index in [1.54, 1.807) is 15.9 Å². The van der Waals surface area contributed by atoms with E-state index >= 15 is 0 Å². The summed E-state index contributed by atoms with van der Waals surface area (Å²) in [7, 11) is 0. The maximum absolute atomic E-state index is 12.8. The van der Waals surface area contributed by atoms with Crippen LogP contribution in [-0.4, -0.2) is 59.2 Å². The molecule has 0 unspecified atom stereocenters. The van der Waals surface area contributed by atoms with Crippen LogP contribution >= 0.6 is 0 Å². The number of rotatable bonds is 3. The number of nitrogens with one attached hydrogen (secondary N) is 1. The molecule has 0 aliphatic carbocycles. The van der Waals surface area contributed by atoms with Crippen LogP contribution in [0.5, 0.6) is 0 Å². The van der Waals surface area contributed by atoms with E-state index in [1.165, 1.54) is 6.07 Å². The first-order chi connectivity index (χ1) is 12.7. The fraction of sp³-hybridized carbons (Fsp3) is 0.588. The van der Waals surface area contributed by atoms with Gasteiger partial charge in [0.05, 0.1) is 6.04 Å². The molecular formula is C17H21F3N4O3. The van der Waals surface area contributed by atoms with Gasteiger partial charge in [0, 0.05) is 32.1 Å². The van der Waals surface area contributed by atoms with Crippen molar-refractivity contribution in [3.8, 4) is 0 Å². The number of pyridine rings is 1. The fourth-order valence-electron chi connectivity index (χ4n) is 3.62. The highest BCUT2D eigenvalue weighted by molar-refractivity contribution is 5.79. The van der Waals surface area contributed by atoms with Crippen LogP contribution in [0.15, 0.2) is 18.2 Å². The Balaban J connectivity index is 1.55. The van der Waals surface area contributed by atoms with E-state index in [0.717, 1.165) is 6.07 Å². The topological polar surface area (TPSA) is 85.8 Å². The van der Waals surface area contributed by atoms with Crippen molar-refractivity contribution in [2.24, 2.45) is 5.92 Å². The number of piperidine rings is 1. The molecule has 0 bridgehead atoms. The molecule has 1 aromatic heterocycles. The second-order valence-corrected chi connectivity index (χ2v) is 6.86. The standard InChI is InChI=1S/C17H21F3N4O3/c18-17(19,20)13-2-1-3-14(22-13)23-7-4-11(5-8-23)15(25)24-9-6-12(10-24)21-16(26)27/h1-3,11-12,21H,4-10H2,(H,26,27)/t12-/m0/s1. The first kappa shape index (κ1) is 19.2. The Hall–Kier alpha value is -2.52. The summed E-state index contributed by atoms with van der Waals surface area (Å²) >= 11 is 0. The van der Waals surface area contributed by atoms with E-state index in [1.807, 2.05) is 0 Å². The number of nitrogens with zero attached hydrogens (tertiary/aromatic N) is 3. The van der Waals surface area contributed by atoms with Gasteiger partial charge >= 0.3 is 12.3 Å². The van der Waals surface area contributed by atoms with E-state index in [2.05, 4.69) is 10.3 Å². The van der Waals surface area contributed by atoms with Crippen LogP contribution in [0.25, 0.3) is 0 Å². The van der Waals surface area contributed by atoms with Gasteiger partial charge in [-0.15, -0.1) is 0 Å². The largest absolute Gasteiger partial charge is 0.465 e. The number of halogens is 3. The van der Waals surface area contributed by atoms with E-state index < -0.39 is 18.0 Å². The van der Waals surface area contributed by atoms with Gasteiger partial charge in [0.15, 0.2) is 0 Å². The van der Waals surface area contributed by atoms with Gasteiger partial charge in [-0.25, -0.2) is 9.78 Å². The smallest absolute Gasteiger partial charge is 0.433 e. The van der Waals surface area contributed by atoms with E-state index in [0.29, 0.717) is 45.4 Å². The first-order valence-corrected chi connectivity index (χ1v) is 8.81. The van der Waals surface area contributed by atoms with Crippen molar-refractivity contribution in [2.45, 2.75) is 31.5 Å². The number of anilines is 1. The van der Waals surface area contributed by atoms with Crippen LogP contribution < -0.4 is 10.2 Å². The van der Waals surface area contributed by atoms with Gasteiger partial charge in [-0.1, -0.05) is 6.07 Å². The molecule has 148 valence electrons. The number of carbonyl (C=O) groups is 2. The van der Waals surface area contributed by atoms with Crippen LogP contribution in [-0.2, 0) is 11.0 Å². The minimum atomic E-state index is -4.49. The predicted molar refractivity (Wildman–Crippen MR) is 90.3 cm³/mol. The van der Waals surface area contributed by atoms with Gasteiger partial charge in [0.1, 0.15) is 11.5 Å². The first-order valence-electron chi connectivity index (χ1n) is 8.81. The zero-order chi connectivity index (χ0) is 19.6. The molecule has 1 aromatic rings. The normalized spacial score (nSPS) is 21.4. The van der Waals surface area contributed by atoms with Crippen LogP contribution in [0.3, 0.4) is 0 Å². The van der Waals surface area contributed by atoms with Gasteiger partial charge in [0.2, 0.25) is 5.91 Å². The summed E-state index contributed by atoms with van der Waals surface area (Å²) in [5.74, 6) is 0.0552. The number of hydrogen-bond acceptors (Lipinski definition) is 4. The molecule has 0 aromatic carbocycles. The zero-order valence-electron chi connectivity index (χ0n) is 14.6. The van der Waals surface area contributed by atoms with Gasteiger partial charge in [-0.2, -0.15) is 13.2 Å². The quantitative estimate of drug-likeness (QED) is 0.832. The zero-order valence-corrected chi connectivity index (χ0v) is 14.6. The van der Waals surface area contributed by atoms with Crippen molar-refractivity contribution in [2.75, 3.05) is 31.1 Å². The Morgan fingerprint density at radius 1 is 1.15 bits per heavy atom. The number of aromatic nitrogens is 1. The number of amides is 2. The summed E-state index contributed by atoms with van der Waals surface area (Å²) < 4.78 is 38.4. The summed E-state index contributed by atoms with van der Waals surface area (Å²) in [5.41, 5.74) is -0.924. The molecule has 10 heteroatoms. The molecule has 2 amide bonds. The highest BCUT2D eigenvalue weighted by Gasteiger charge is 2.35. The van der Waals surface area contributed by atoms with Gasteiger partial charge in [0.25, 0.3) is 0 Å². The minimum Gasteiger partial charge on any atom is -0.465 e. The van der Waals surface area contributed by atoms with Gasteiger partial charge < -0.3 is 20.2 Å². The van der Waals surface area contributed by atoms with Crippen molar-refractivity contribution in [1.82, 2.24) is 15.2 Å². The second kappa shape index (κ2) is 7.61. The predicted octanol–water partition coefficient (Wildman–Crippen LogP) is 2.19. The maximum Gasteiger partial charge on any atom is 0.433 e. The number of carboxylic acid groups (broad SMARTS) is 1. The lowest BCUT2D eigenvalue weighted by Gasteiger charge is -2.34. The Bertz CT molecular complexity index is 705. The molecule has 3 heterocycles. The monoisotopic (exact) mass is 386 g/mol. The lowest BCUT2D eigenvalue weighted by atomic mass is 9.95. The van der Waals surface area contributed by atoms with E-state index in [9.17, 15) is 22.8 Å². The molecular weight excluding hydrogens is 365 g/mol. The van der Waals surface area contributed by atoms with Crippen molar-refractivity contribution < 1.29 is 27.9 Å². The molecule has 0 radical (unpaired) electrons. The third-order valence-electron chi connectivity index (χ3n) is 5.02. The Morgan fingerprint density at radius 2 is 1.85 bits per heavy atom. The Labute approximate surface area is 154 Å². The third-order valence-corrected chi connectivity index (χ3v) is 5.02. The highest BCUT2D eigenvalue weighted by Crippen LogP contribution is 2.30. The summed E-state index contributed by atoms with van der Waals surface area (Å²) in [5, 5.41) is 11.1. The van der Waals surface area contributed by atoms with Crippen molar-refractivity contribution in [3.63, 3.8) is 0 Å². The highest BCUT2D eigenvalue weighted by atomic mass is 19.4. The van der Waals surface area contributed by atoms with Gasteiger partial charge in [-0.05, 0) is 31.4 Å². The number of carbonyl (C=O) groups excluding carboxylic acids is 1. The lowest BCUT2D eigenvalue weighted by molar-refractivity contribution is -0.141. The van der Waals surface area contributed by atoms with Crippen molar-refractivity contribution >= 4 is 17.8 Å². The van der Waals surface area contributed by atoms with Crippen LogP contribution in [0, 0.1) is 5.92 Å². The molecule has 0 saturated carbocycles. The molecule has 3 rings (SSSR count). The lowest BCUT2D eigenvalue weighted by Crippen LogP contribution is -2.43. The number of hydrogen-bond donors (Lipinski definition) is 2. The van der Waals surface area contributed by atoms with Crippen molar-refractivity contribution in [3.05, 3.63) is 23.9 Å². The van der Waals surface area contributed by atoms with Crippen LogP contribution in [0.2, 0.25) is 0 Å². The van der Waals surface area contributed by atoms with Crippen LogP contribution in [0.1, 0.15) is 25.0 Å². The minimum absolute atomic E-state index is 0.0126. The summed E-state index contributed by atoms with van der Waals surface area (Å²) in [6.07, 6.45) is -3.93. The third kappa shape index (κ3) is 4.61. The average Bonchev–Trinajstić information content (AvgIpc) is 3.08. The maximum atomic E-state index is 12.8. The SMILES string of the molecule is O=C(O)N[C@H]1CCN(C(=O)C2CCN(c3cccc(C(F)(F)F)n3)CC2)C1. The molecule has 2 fully saturated rings. The molecule has 7 nitrogen and oxygen atoms in total. The Morgan fingerprint density at radius 3 is 2.48 bits per heavy atom. The Kier molecular flexibility index (Phi) is 5.43. The van der Waals surface area contributed by atoms with Gasteiger partial charge in [-0.3, -0.25) is 4.79 Å². The molecule has 2 aliphatic heterocycles. The number of alkyl halides is 3. The molecule has 0 spiro atoms. The second-order valence-electron chi connectivity index (χ2n) is 6.86. The van der Waals surface area contributed by atoms with Crippen LogP contribution in [0.4, 0.5) is 23.8 Å². The summed E-state index contributed by atoms with van der Waals surface area (Å²) in [6, 6.07) is 3.57. The summed E-state index contributed by atoms with van der Waals surface area (Å²) in [6.45, 7) is 1.78. The van der Waals surface area contributed by atoms with E-state index in [-0.39, 0.29) is 23.7 Å². The average molecular weight is 386 g/mol.